The number of nitrogens with zero attached hydrogens (tertiary/aromatic N) is 2. The second-order valence-electron chi connectivity index (χ2n) is 7.76. The van der Waals surface area contributed by atoms with E-state index in [0.717, 1.165) is 38.9 Å². The average molecular weight is 493 g/mol. The summed E-state index contributed by atoms with van der Waals surface area (Å²) < 4.78 is 16.5. The van der Waals surface area contributed by atoms with E-state index >= 15 is 0 Å². The summed E-state index contributed by atoms with van der Waals surface area (Å²) in [4.78, 5) is 24.4. The van der Waals surface area contributed by atoms with Gasteiger partial charge >= 0.3 is 0 Å². The highest BCUT2D eigenvalue weighted by atomic mass is 32.2. The molecule has 35 heavy (non-hydrogen) atoms. The van der Waals surface area contributed by atoms with Crippen LogP contribution < -0.4 is 14.8 Å². The summed E-state index contributed by atoms with van der Waals surface area (Å²) in [5, 5.41) is 3.66. The van der Waals surface area contributed by atoms with Gasteiger partial charge in [-0.3, -0.25) is 9.78 Å². The van der Waals surface area contributed by atoms with Crippen molar-refractivity contribution in [2.75, 3.05) is 32.2 Å². The molecule has 0 radical (unpaired) electrons. The number of fused-ring (bicyclic) bond motifs is 1. The van der Waals surface area contributed by atoms with Crippen LogP contribution in [0, 0.1) is 6.92 Å². The number of anilines is 1. The number of carbonyl (C=O) groups is 1. The number of amides is 1. The lowest BCUT2D eigenvalue weighted by molar-refractivity contribution is -0.120. The molecular weight excluding hydrogens is 464 g/mol. The van der Waals surface area contributed by atoms with E-state index in [1.807, 2.05) is 37.3 Å². The van der Waals surface area contributed by atoms with Gasteiger partial charge in [0.1, 0.15) is 18.1 Å². The molecule has 0 bridgehead atoms. The van der Waals surface area contributed by atoms with Gasteiger partial charge in [0.2, 0.25) is 5.91 Å². The number of methoxy groups -OCH3 is 1. The minimum atomic E-state index is -0.201. The van der Waals surface area contributed by atoms with Crippen molar-refractivity contribution in [3.63, 3.8) is 0 Å². The van der Waals surface area contributed by atoms with Gasteiger partial charge in [0.15, 0.2) is 5.16 Å². The Labute approximate surface area is 208 Å². The monoisotopic (exact) mass is 492 g/mol. The average Bonchev–Trinajstić information content (AvgIpc) is 3.30. The first-order chi connectivity index (χ1) is 17.1. The van der Waals surface area contributed by atoms with Gasteiger partial charge in [-0.2, -0.15) is 0 Å². The van der Waals surface area contributed by atoms with E-state index < -0.39 is 0 Å². The number of rotatable bonds is 12. The highest BCUT2D eigenvalue weighted by Gasteiger charge is 2.10. The summed E-state index contributed by atoms with van der Waals surface area (Å²) in [6.45, 7) is 2.91. The van der Waals surface area contributed by atoms with E-state index in [-0.39, 0.29) is 12.5 Å². The second-order valence-corrected chi connectivity index (χ2v) is 8.72. The number of aromatic amines is 1. The number of H-pyrrole nitrogens is 1. The molecule has 1 amide bonds. The maximum absolute atomic E-state index is 12.0. The number of hydrogen-bond donors (Lipinski definition) is 2. The largest absolute Gasteiger partial charge is 0.497 e. The Morgan fingerprint density at radius 1 is 1.09 bits per heavy atom. The fourth-order valence-corrected chi connectivity index (χ4v) is 4.28. The molecule has 9 heteroatoms. The molecule has 0 saturated heterocycles. The number of benzene rings is 2. The van der Waals surface area contributed by atoms with E-state index in [1.165, 1.54) is 0 Å². The normalized spacial score (nSPS) is 10.9. The summed E-state index contributed by atoms with van der Waals surface area (Å²) in [6.07, 6.45) is 2.43. The molecule has 0 atom stereocenters. The molecule has 0 saturated carbocycles. The lowest BCUT2D eigenvalue weighted by Gasteiger charge is -2.12. The molecule has 0 aliphatic heterocycles. The molecule has 0 unspecified atom stereocenters. The van der Waals surface area contributed by atoms with Crippen LogP contribution in [0.15, 0.2) is 66.0 Å². The molecule has 182 valence electrons. The lowest BCUT2D eigenvalue weighted by Crippen LogP contribution is -2.19. The highest BCUT2D eigenvalue weighted by molar-refractivity contribution is 7.98. The number of carbonyl (C=O) groups excluding carboxylic acids is 1. The van der Waals surface area contributed by atoms with Crippen molar-refractivity contribution in [3.8, 4) is 11.5 Å². The molecule has 0 spiro atoms. The van der Waals surface area contributed by atoms with Crippen molar-refractivity contribution in [1.29, 1.82) is 0 Å². The molecule has 2 aromatic carbocycles. The zero-order valence-corrected chi connectivity index (χ0v) is 20.6. The molecule has 8 nitrogen and oxygen atoms in total. The van der Waals surface area contributed by atoms with Crippen molar-refractivity contribution >= 4 is 34.4 Å². The highest BCUT2D eigenvalue weighted by Crippen LogP contribution is 2.27. The van der Waals surface area contributed by atoms with Crippen LogP contribution in [0.4, 0.5) is 5.69 Å². The van der Waals surface area contributed by atoms with Crippen LogP contribution in [-0.2, 0) is 15.3 Å². The Morgan fingerprint density at radius 3 is 2.71 bits per heavy atom. The third-order valence-corrected chi connectivity index (χ3v) is 6.15. The number of pyridine rings is 1. The molecule has 2 N–H and O–H groups in total. The fourth-order valence-electron chi connectivity index (χ4n) is 3.37. The Morgan fingerprint density at radius 2 is 1.91 bits per heavy atom. The van der Waals surface area contributed by atoms with Crippen LogP contribution in [0.3, 0.4) is 0 Å². The molecule has 2 aromatic heterocycles. The molecule has 2 heterocycles. The van der Waals surface area contributed by atoms with Gasteiger partial charge in [-0.1, -0.05) is 23.9 Å². The van der Waals surface area contributed by atoms with Crippen LogP contribution in [0.2, 0.25) is 0 Å². The van der Waals surface area contributed by atoms with Gasteiger partial charge in [-0.25, -0.2) is 4.98 Å². The van der Waals surface area contributed by atoms with E-state index in [2.05, 4.69) is 20.3 Å². The summed E-state index contributed by atoms with van der Waals surface area (Å²) in [5.41, 5.74) is 4.65. The number of thioether (sulfide) groups is 1. The number of ether oxygens (including phenoxy) is 3. The summed E-state index contributed by atoms with van der Waals surface area (Å²) in [7, 11) is 1.60. The lowest BCUT2D eigenvalue weighted by atomic mass is 10.2. The van der Waals surface area contributed by atoms with Gasteiger partial charge in [-0.05, 0) is 49.4 Å². The van der Waals surface area contributed by atoms with E-state index in [4.69, 9.17) is 14.2 Å². The predicted molar refractivity (Wildman–Crippen MR) is 137 cm³/mol. The number of imidazole rings is 1. The Bertz CT molecular complexity index is 1230. The molecule has 4 rings (SSSR count). The number of nitrogens with one attached hydrogen (secondary N) is 2. The number of aromatic nitrogens is 3. The molecule has 0 aliphatic carbocycles. The third kappa shape index (κ3) is 6.97. The van der Waals surface area contributed by atoms with Crippen molar-refractivity contribution in [3.05, 3.63) is 72.1 Å². The van der Waals surface area contributed by atoms with E-state index in [1.54, 1.807) is 49.3 Å². The predicted octanol–water partition coefficient (Wildman–Crippen LogP) is 4.99. The van der Waals surface area contributed by atoms with E-state index in [9.17, 15) is 4.79 Å². The molecule has 4 aromatic rings. The second kappa shape index (κ2) is 12.2. The summed E-state index contributed by atoms with van der Waals surface area (Å²) >= 11 is 1.61. The zero-order chi connectivity index (χ0) is 24.5. The van der Waals surface area contributed by atoms with E-state index in [0.29, 0.717) is 31.1 Å². The van der Waals surface area contributed by atoms with Crippen molar-refractivity contribution in [1.82, 2.24) is 15.0 Å². The maximum atomic E-state index is 12.0. The van der Waals surface area contributed by atoms with Gasteiger partial charge < -0.3 is 24.5 Å². The minimum Gasteiger partial charge on any atom is -0.497 e. The van der Waals surface area contributed by atoms with Crippen LogP contribution in [0.1, 0.15) is 17.7 Å². The fraction of sp³-hybridized carbons (Fsp3) is 0.269. The Kier molecular flexibility index (Phi) is 8.58. The summed E-state index contributed by atoms with van der Waals surface area (Å²) in [6, 6.07) is 17.0. The van der Waals surface area contributed by atoms with Gasteiger partial charge in [0.05, 0.1) is 37.1 Å². The Hall–Kier alpha value is -3.56. The topological polar surface area (TPSA) is 98.4 Å². The standard InChI is InChI=1S/C26H28N4O4S/c1-18-23(17-35-26-29-21-6-3-4-7-22(21)30-26)27-13-12-24(18)34-15-5-14-33-16-25(31)28-19-8-10-20(32-2)11-9-19/h3-4,6-13H,5,14-17H2,1-2H3,(H,28,31)(H,29,30). The van der Waals surface area contributed by atoms with Gasteiger partial charge in [-0.15, -0.1) is 0 Å². The first-order valence-corrected chi connectivity index (χ1v) is 12.3. The van der Waals surface area contributed by atoms with Gasteiger partial charge in [0.25, 0.3) is 0 Å². The molecule has 0 aliphatic rings. The Balaban J connectivity index is 1.16. The van der Waals surface area contributed by atoms with Crippen LogP contribution in [-0.4, -0.2) is 47.8 Å². The number of para-hydroxylation sites is 2. The molecular formula is C26H28N4O4S. The van der Waals surface area contributed by atoms with Crippen LogP contribution in [0.5, 0.6) is 11.5 Å². The van der Waals surface area contributed by atoms with Gasteiger partial charge in [0, 0.05) is 29.6 Å². The quantitative estimate of drug-likeness (QED) is 0.212. The summed E-state index contributed by atoms with van der Waals surface area (Å²) in [5.74, 6) is 2.03. The van der Waals surface area contributed by atoms with Crippen LogP contribution in [0.25, 0.3) is 11.0 Å². The minimum absolute atomic E-state index is 0.0104. The third-order valence-electron chi connectivity index (χ3n) is 5.27. The van der Waals surface area contributed by atoms with Crippen molar-refractivity contribution < 1.29 is 19.0 Å². The van der Waals surface area contributed by atoms with Crippen molar-refractivity contribution in [2.45, 2.75) is 24.3 Å². The zero-order valence-electron chi connectivity index (χ0n) is 19.7. The number of hydrogen-bond acceptors (Lipinski definition) is 7. The van der Waals surface area contributed by atoms with Crippen molar-refractivity contribution in [2.24, 2.45) is 0 Å². The molecule has 0 fully saturated rings. The first-order valence-electron chi connectivity index (χ1n) is 11.3. The smallest absolute Gasteiger partial charge is 0.250 e. The van der Waals surface area contributed by atoms with Crippen LogP contribution >= 0.6 is 11.8 Å². The first kappa shape index (κ1) is 24.6. The maximum Gasteiger partial charge on any atom is 0.250 e. The SMILES string of the molecule is COc1ccc(NC(=O)COCCCOc2ccnc(CSc3nc4ccccc4[nH]3)c2C)cc1.